The Morgan fingerprint density at radius 2 is 1.74 bits per heavy atom. The Labute approximate surface area is 230 Å². The molecular formula is C29H30BrN3O5. The van der Waals surface area contributed by atoms with Crippen molar-refractivity contribution < 1.29 is 24.2 Å². The lowest BCUT2D eigenvalue weighted by atomic mass is 9.91. The van der Waals surface area contributed by atoms with E-state index in [1.165, 1.54) is 0 Å². The van der Waals surface area contributed by atoms with Gasteiger partial charge in [-0.1, -0.05) is 76.6 Å². The number of aliphatic carboxylic acids is 1. The van der Waals surface area contributed by atoms with Crippen molar-refractivity contribution in [1.82, 2.24) is 10.2 Å². The van der Waals surface area contributed by atoms with E-state index in [1.54, 1.807) is 30.0 Å². The Morgan fingerprint density at radius 3 is 2.45 bits per heavy atom. The van der Waals surface area contributed by atoms with Gasteiger partial charge in [0.25, 0.3) is 0 Å². The van der Waals surface area contributed by atoms with Crippen LogP contribution in [0.1, 0.15) is 30.0 Å². The molecule has 3 N–H and O–H groups in total. The number of ether oxygens (including phenoxy) is 1. The number of hydrogen-bond acceptors (Lipinski definition) is 4. The van der Waals surface area contributed by atoms with Gasteiger partial charge >= 0.3 is 12.0 Å². The van der Waals surface area contributed by atoms with Crippen molar-refractivity contribution in [1.29, 1.82) is 0 Å². The molecule has 3 atom stereocenters. The second kappa shape index (κ2) is 12.7. The first-order valence-corrected chi connectivity index (χ1v) is 13.2. The second-order valence-corrected chi connectivity index (χ2v) is 10.2. The number of carboxylic acid groups (broad SMARTS) is 1. The van der Waals surface area contributed by atoms with E-state index in [0.29, 0.717) is 12.1 Å². The summed E-state index contributed by atoms with van der Waals surface area (Å²) in [5, 5.41) is 15.1. The van der Waals surface area contributed by atoms with Gasteiger partial charge in [-0.2, -0.15) is 0 Å². The van der Waals surface area contributed by atoms with Crippen LogP contribution in [-0.4, -0.2) is 46.1 Å². The molecule has 198 valence electrons. The number of carbonyl (C=O) groups excluding carboxylic acids is 2. The molecule has 8 nitrogen and oxygen atoms in total. The number of carbonyl (C=O) groups is 3. The summed E-state index contributed by atoms with van der Waals surface area (Å²) in [4.78, 5) is 40.2. The molecule has 0 saturated carbocycles. The van der Waals surface area contributed by atoms with Crippen LogP contribution in [0, 0.1) is 0 Å². The van der Waals surface area contributed by atoms with Gasteiger partial charge in [0.1, 0.15) is 6.04 Å². The molecule has 3 amide bonds. The molecule has 0 aromatic heterocycles. The van der Waals surface area contributed by atoms with Gasteiger partial charge in [0.05, 0.1) is 19.1 Å². The Bertz CT molecular complexity index is 1290. The molecule has 3 aromatic carbocycles. The molecule has 0 bridgehead atoms. The lowest BCUT2D eigenvalue weighted by Gasteiger charge is -2.39. The minimum atomic E-state index is -1.05. The van der Waals surface area contributed by atoms with Gasteiger partial charge in [0.15, 0.2) is 0 Å². The van der Waals surface area contributed by atoms with Crippen LogP contribution in [0.4, 0.5) is 10.5 Å². The molecule has 1 aliphatic rings. The average Bonchev–Trinajstić information content (AvgIpc) is 2.90. The molecule has 3 aromatic rings. The zero-order valence-corrected chi connectivity index (χ0v) is 22.6. The highest BCUT2D eigenvalue weighted by molar-refractivity contribution is 9.10. The summed E-state index contributed by atoms with van der Waals surface area (Å²) in [6.07, 6.45) is -0.473. The van der Waals surface area contributed by atoms with E-state index >= 15 is 0 Å². The standard InChI is InChI=1S/C29H30BrN3O5/c1-19(38-18-20-8-3-2-4-9-20)27(32-29(37)31-24-13-7-12-23(30)15-24)28(36)33-17-22-11-6-5-10-21(22)14-25(33)16-26(34)35/h2-13,15,19,25,27H,14,16-18H2,1H3,(H,34,35)(H2,31,32,37)/t19-,25-,27+/m1/s1. The summed E-state index contributed by atoms with van der Waals surface area (Å²) in [6, 6.07) is 22.2. The molecule has 0 saturated heterocycles. The normalized spacial score (nSPS) is 16.2. The molecule has 4 rings (SSSR count). The van der Waals surface area contributed by atoms with E-state index in [0.717, 1.165) is 21.2 Å². The lowest BCUT2D eigenvalue weighted by Crippen LogP contribution is -2.58. The number of rotatable bonds is 9. The predicted octanol–water partition coefficient (Wildman–Crippen LogP) is 4.97. The quantitative estimate of drug-likeness (QED) is 0.331. The number of hydrogen-bond donors (Lipinski definition) is 3. The van der Waals surface area contributed by atoms with Crippen molar-refractivity contribution in [3.63, 3.8) is 0 Å². The van der Waals surface area contributed by atoms with Crippen LogP contribution in [0.15, 0.2) is 83.3 Å². The molecule has 0 fully saturated rings. The van der Waals surface area contributed by atoms with Crippen LogP contribution in [0.2, 0.25) is 0 Å². The maximum Gasteiger partial charge on any atom is 0.319 e. The molecule has 0 unspecified atom stereocenters. The highest BCUT2D eigenvalue weighted by Gasteiger charge is 2.38. The minimum Gasteiger partial charge on any atom is -0.481 e. The largest absolute Gasteiger partial charge is 0.481 e. The first kappa shape index (κ1) is 27.3. The smallest absolute Gasteiger partial charge is 0.319 e. The first-order chi connectivity index (χ1) is 18.3. The highest BCUT2D eigenvalue weighted by Crippen LogP contribution is 2.26. The summed E-state index contributed by atoms with van der Waals surface area (Å²) < 4.78 is 6.84. The Kier molecular flexibility index (Phi) is 9.15. The Morgan fingerprint density at radius 1 is 1.03 bits per heavy atom. The molecule has 9 heteroatoms. The number of carboxylic acids is 1. The van der Waals surface area contributed by atoms with E-state index in [-0.39, 0.29) is 19.6 Å². The average molecular weight is 580 g/mol. The fraction of sp³-hybridized carbons (Fsp3) is 0.276. The third-order valence-electron chi connectivity index (χ3n) is 6.51. The summed E-state index contributed by atoms with van der Waals surface area (Å²) in [7, 11) is 0. The van der Waals surface area contributed by atoms with Crippen molar-refractivity contribution in [3.05, 3.63) is 100 Å². The van der Waals surface area contributed by atoms with E-state index in [1.807, 2.05) is 60.7 Å². The van der Waals surface area contributed by atoms with E-state index in [2.05, 4.69) is 26.6 Å². The molecule has 1 heterocycles. The van der Waals surface area contributed by atoms with Gasteiger partial charge in [0.2, 0.25) is 5.91 Å². The van der Waals surface area contributed by atoms with Crippen LogP contribution in [0.5, 0.6) is 0 Å². The van der Waals surface area contributed by atoms with Crippen molar-refractivity contribution >= 4 is 39.5 Å². The molecule has 0 aliphatic carbocycles. The number of nitrogens with one attached hydrogen (secondary N) is 2. The van der Waals surface area contributed by atoms with Crippen LogP contribution >= 0.6 is 15.9 Å². The number of amides is 3. The van der Waals surface area contributed by atoms with Crippen LogP contribution in [-0.2, 0) is 33.9 Å². The second-order valence-electron chi connectivity index (χ2n) is 9.28. The fourth-order valence-corrected chi connectivity index (χ4v) is 4.96. The Balaban J connectivity index is 1.57. The van der Waals surface area contributed by atoms with Gasteiger partial charge < -0.3 is 25.4 Å². The molecule has 0 radical (unpaired) electrons. The number of halogens is 1. The van der Waals surface area contributed by atoms with E-state index in [4.69, 9.17) is 4.74 Å². The number of fused-ring (bicyclic) bond motifs is 1. The van der Waals surface area contributed by atoms with Gasteiger partial charge in [-0.15, -0.1) is 0 Å². The monoisotopic (exact) mass is 579 g/mol. The summed E-state index contributed by atoms with van der Waals surface area (Å²) in [5.74, 6) is -1.38. The zero-order chi connectivity index (χ0) is 27.1. The molecule has 0 spiro atoms. The zero-order valence-electron chi connectivity index (χ0n) is 21.0. The Hall–Kier alpha value is -3.69. The molecular weight excluding hydrogens is 550 g/mol. The summed E-state index contributed by atoms with van der Waals surface area (Å²) >= 11 is 3.38. The summed E-state index contributed by atoms with van der Waals surface area (Å²) in [5.41, 5.74) is 3.46. The van der Waals surface area contributed by atoms with Gasteiger partial charge in [-0.3, -0.25) is 9.59 Å². The van der Waals surface area contributed by atoms with Crippen molar-refractivity contribution in [3.8, 4) is 0 Å². The van der Waals surface area contributed by atoms with Gasteiger partial charge in [-0.25, -0.2) is 4.79 Å². The maximum atomic E-state index is 14.0. The maximum absolute atomic E-state index is 14.0. The van der Waals surface area contributed by atoms with Crippen LogP contribution < -0.4 is 10.6 Å². The third kappa shape index (κ3) is 7.20. The number of benzene rings is 3. The minimum absolute atomic E-state index is 0.198. The first-order valence-electron chi connectivity index (χ1n) is 12.4. The summed E-state index contributed by atoms with van der Waals surface area (Å²) in [6.45, 7) is 2.24. The highest BCUT2D eigenvalue weighted by atomic mass is 79.9. The van der Waals surface area contributed by atoms with Crippen LogP contribution in [0.25, 0.3) is 0 Å². The third-order valence-corrected chi connectivity index (χ3v) is 7.00. The SMILES string of the molecule is C[C@@H](OCc1ccccc1)[C@H](NC(=O)Nc1cccc(Br)c1)C(=O)N1Cc2ccccc2C[C@@H]1CC(=O)O. The van der Waals surface area contributed by atoms with Crippen molar-refractivity contribution in [2.24, 2.45) is 0 Å². The van der Waals surface area contributed by atoms with Gasteiger partial charge in [-0.05, 0) is 48.2 Å². The number of urea groups is 1. The predicted molar refractivity (Wildman–Crippen MR) is 148 cm³/mol. The van der Waals surface area contributed by atoms with Gasteiger partial charge in [0, 0.05) is 22.7 Å². The fourth-order valence-electron chi connectivity index (χ4n) is 4.56. The van der Waals surface area contributed by atoms with Crippen molar-refractivity contribution in [2.45, 2.75) is 51.1 Å². The number of anilines is 1. The molecule has 38 heavy (non-hydrogen) atoms. The topological polar surface area (TPSA) is 108 Å². The lowest BCUT2D eigenvalue weighted by molar-refractivity contribution is -0.144. The van der Waals surface area contributed by atoms with E-state index in [9.17, 15) is 19.5 Å². The number of nitrogens with zero attached hydrogens (tertiary/aromatic N) is 1. The van der Waals surface area contributed by atoms with Crippen molar-refractivity contribution in [2.75, 3.05) is 5.32 Å². The molecule has 1 aliphatic heterocycles. The van der Waals surface area contributed by atoms with Crippen LogP contribution in [0.3, 0.4) is 0 Å². The van der Waals surface area contributed by atoms with E-state index < -0.39 is 36.1 Å².